The van der Waals surface area contributed by atoms with Crippen LogP contribution in [0.5, 0.6) is 0 Å². The van der Waals surface area contributed by atoms with E-state index in [2.05, 4.69) is 71.2 Å². The lowest BCUT2D eigenvalue weighted by molar-refractivity contribution is 0.282. The summed E-state index contributed by atoms with van der Waals surface area (Å²) in [6.07, 6.45) is 6.27. The summed E-state index contributed by atoms with van der Waals surface area (Å²) in [5.41, 5.74) is 3.47. The van der Waals surface area contributed by atoms with E-state index in [1.165, 1.54) is 37.7 Å². The third kappa shape index (κ3) is 7.45. The van der Waals surface area contributed by atoms with Crippen LogP contribution >= 0.6 is 0 Å². The number of rotatable bonds is 9. The average Bonchev–Trinajstić information content (AvgIpc) is 2.42. The zero-order chi connectivity index (χ0) is 16.6. The van der Waals surface area contributed by atoms with Gasteiger partial charge in [-0.05, 0) is 67.7 Å². The van der Waals surface area contributed by atoms with Crippen LogP contribution in [-0.2, 0) is 6.42 Å². The summed E-state index contributed by atoms with van der Waals surface area (Å²) in [7, 11) is 2.06. The van der Waals surface area contributed by atoms with Crippen LogP contribution in [0.1, 0.15) is 77.3 Å². The third-order valence-corrected chi connectivity index (χ3v) is 4.35. The molecule has 0 heterocycles. The Bertz CT molecular complexity index is 416. The molecule has 0 aromatic heterocycles. The van der Waals surface area contributed by atoms with E-state index in [4.69, 9.17) is 0 Å². The van der Waals surface area contributed by atoms with Gasteiger partial charge in [0.25, 0.3) is 0 Å². The lowest BCUT2D eigenvalue weighted by Crippen LogP contribution is -2.17. The number of benzene rings is 1. The highest BCUT2D eigenvalue weighted by atomic mass is 14.8. The Morgan fingerprint density at radius 1 is 1.18 bits per heavy atom. The molecule has 0 aliphatic rings. The quantitative estimate of drug-likeness (QED) is 0.608. The van der Waals surface area contributed by atoms with Crippen molar-refractivity contribution >= 4 is 0 Å². The Hall–Kier alpha value is -0.820. The van der Waals surface area contributed by atoms with E-state index in [0.29, 0.717) is 11.3 Å². The highest BCUT2D eigenvalue weighted by molar-refractivity contribution is 5.26. The fourth-order valence-corrected chi connectivity index (χ4v) is 3.64. The summed E-state index contributed by atoms with van der Waals surface area (Å²) < 4.78 is 0. The molecule has 0 spiro atoms. The van der Waals surface area contributed by atoms with E-state index in [9.17, 15) is 0 Å². The topological polar surface area (TPSA) is 12.0 Å². The van der Waals surface area contributed by atoms with Crippen molar-refractivity contribution in [2.24, 2.45) is 11.3 Å². The van der Waals surface area contributed by atoms with Gasteiger partial charge in [0.15, 0.2) is 0 Å². The smallest absolute Gasteiger partial charge is 0.00461 e. The number of aryl methyl sites for hydroxylation is 1. The zero-order valence-electron chi connectivity index (χ0n) is 15.7. The van der Waals surface area contributed by atoms with Crippen LogP contribution in [-0.4, -0.2) is 13.6 Å². The first-order chi connectivity index (χ1) is 10.4. The van der Waals surface area contributed by atoms with Crippen LogP contribution in [0.4, 0.5) is 0 Å². The minimum absolute atomic E-state index is 0.428. The summed E-state index contributed by atoms with van der Waals surface area (Å²) in [5.74, 6) is 1.46. The van der Waals surface area contributed by atoms with E-state index in [1.807, 2.05) is 0 Å². The van der Waals surface area contributed by atoms with Gasteiger partial charge in [-0.1, -0.05) is 65.3 Å². The Balaban J connectivity index is 2.80. The highest BCUT2D eigenvalue weighted by Gasteiger charge is 2.20. The molecule has 0 radical (unpaired) electrons. The van der Waals surface area contributed by atoms with Crippen molar-refractivity contribution in [3.63, 3.8) is 0 Å². The van der Waals surface area contributed by atoms with Gasteiger partial charge in [0.05, 0.1) is 0 Å². The molecule has 1 nitrogen and oxygen atoms in total. The molecule has 0 fully saturated rings. The van der Waals surface area contributed by atoms with E-state index in [0.717, 1.165) is 12.5 Å². The van der Waals surface area contributed by atoms with Crippen molar-refractivity contribution in [1.29, 1.82) is 0 Å². The molecule has 2 atom stereocenters. The molecule has 0 amide bonds. The zero-order valence-corrected chi connectivity index (χ0v) is 15.7. The predicted molar refractivity (Wildman–Crippen MR) is 99.6 cm³/mol. The van der Waals surface area contributed by atoms with Crippen LogP contribution in [0, 0.1) is 11.3 Å². The maximum atomic E-state index is 3.33. The second-order valence-corrected chi connectivity index (χ2v) is 8.19. The first-order valence-electron chi connectivity index (χ1n) is 9.09. The molecule has 0 saturated carbocycles. The minimum atomic E-state index is 0.428. The van der Waals surface area contributed by atoms with E-state index in [-0.39, 0.29) is 0 Å². The van der Waals surface area contributed by atoms with Gasteiger partial charge in [0.1, 0.15) is 0 Å². The Kier molecular flexibility index (Phi) is 8.17. The highest BCUT2D eigenvalue weighted by Crippen LogP contribution is 2.33. The standard InChI is InChI=1S/C21H37N/c1-7-9-18-10-8-11-19(15-18)20(12-13-22-6)14-17(2)16-21(3,4)5/h8,10-11,15,17,20,22H,7,9,12-14,16H2,1-6H3. The Morgan fingerprint density at radius 3 is 2.50 bits per heavy atom. The molecule has 0 aliphatic heterocycles. The van der Waals surface area contributed by atoms with Gasteiger partial charge in [-0.3, -0.25) is 0 Å². The molecular weight excluding hydrogens is 266 g/mol. The predicted octanol–water partition coefficient (Wildman–Crippen LogP) is 5.79. The number of hydrogen-bond acceptors (Lipinski definition) is 1. The van der Waals surface area contributed by atoms with Gasteiger partial charge in [-0.25, -0.2) is 0 Å². The molecule has 0 aliphatic carbocycles. The lowest BCUT2D eigenvalue weighted by Gasteiger charge is -2.27. The number of hydrogen-bond donors (Lipinski definition) is 1. The largest absolute Gasteiger partial charge is 0.320 e. The van der Waals surface area contributed by atoms with Gasteiger partial charge in [-0.2, -0.15) is 0 Å². The van der Waals surface area contributed by atoms with Crippen molar-refractivity contribution in [3.8, 4) is 0 Å². The second kappa shape index (κ2) is 9.35. The van der Waals surface area contributed by atoms with Crippen LogP contribution in [0.3, 0.4) is 0 Å². The van der Waals surface area contributed by atoms with Gasteiger partial charge >= 0.3 is 0 Å². The maximum absolute atomic E-state index is 3.33. The molecule has 1 aromatic rings. The summed E-state index contributed by atoms with van der Waals surface area (Å²) >= 11 is 0. The van der Waals surface area contributed by atoms with Gasteiger partial charge in [0.2, 0.25) is 0 Å². The van der Waals surface area contributed by atoms with Crippen LogP contribution in [0.2, 0.25) is 0 Å². The van der Waals surface area contributed by atoms with E-state index in [1.54, 1.807) is 5.56 Å². The fourth-order valence-electron chi connectivity index (χ4n) is 3.64. The molecule has 1 aromatic carbocycles. The van der Waals surface area contributed by atoms with Crippen molar-refractivity contribution in [2.75, 3.05) is 13.6 Å². The summed E-state index contributed by atoms with van der Waals surface area (Å²) in [4.78, 5) is 0. The summed E-state index contributed by atoms with van der Waals surface area (Å²) in [6, 6.07) is 9.32. The van der Waals surface area contributed by atoms with Crippen LogP contribution in [0.15, 0.2) is 24.3 Å². The minimum Gasteiger partial charge on any atom is -0.320 e. The second-order valence-electron chi connectivity index (χ2n) is 8.19. The van der Waals surface area contributed by atoms with Crippen LogP contribution < -0.4 is 5.32 Å². The maximum Gasteiger partial charge on any atom is -0.00461 e. The molecule has 2 unspecified atom stereocenters. The van der Waals surface area contributed by atoms with E-state index >= 15 is 0 Å². The normalized spacial score (nSPS) is 14.8. The molecule has 1 rings (SSSR count). The summed E-state index contributed by atoms with van der Waals surface area (Å²) in [6.45, 7) is 12.9. The Morgan fingerprint density at radius 2 is 1.91 bits per heavy atom. The molecule has 0 saturated heterocycles. The molecule has 1 heteroatoms. The average molecular weight is 304 g/mol. The number of nitrogens with one attached hydrogen (secondary N) is 1. The first kappa shape index (κ1) is 19.2. The molecule has 0 bridgehead atoms. The molecule has 1 N–H and O–H groups in total. The van der Waals surface area contributed by atoms with E-state index < -0.39 is 0 Å². The van der Waals surface area contributed by atoms with Crippen molar-refractivity contribution in [2.45, 2.75) is 72.6 Å². The monoisotopic (exact) mass is 303 g/mol. The molecular formula is C21H37N. The van der Waals surface area contributed by atoms with Gasteiger partial charge in [-0.15, -0.1) is 0 Å². The first-order valence-corrected chi connectivity index (χ1v) is 9.09. The third-order valence-electron chi connectivity index (χ3n) is 4.35. The van der Waals surface area contributed by atoms with Gasteiger partial charge < -0.3 is 5.32 Å². The SMILES string of the molecule is CCCc1cccc(C(CCNC)CC(C)CC(C)(C)C)c1. The van der Waals surface area contributed by atoms with Gasteiger partial charge in [0, 0.05) is 0 Å². The summed E-state index contributed by atoms with van der Waals surface area (Å²) in [5, 5.41) is 3.33. The van der Waals surface area contributed by atoms with Crippen molar-refractivity contribution in [3.05, 3.63) is 35.4 Å². The van der Waals surface area contributed by atoms with Crippen molar-refractivity contribution in [1.82, 2.24) is 5.32 Å². The lowest BCUT2D eigenvalue weighted by atomic mass is 9.79. The van der Waals surface area contributed by atoms with Crippen molar-refractivity contribution < 1.29 is 0 Å². The van der Waals surface area contributed by atoms with Crippen LogP contribution in [0.25, 0.3) is 0 Å². The molecule has 22 heavy (non-hydrogen) atoms. The molecule has 126 valence electrons. The fraction of sp³-hybridized carbons (Fsp3) is 0.714. The Labute approximate surface area is 138 Å².